The molecule has 2 heterocycles. The molecule has 2 amide bonds. The first kappa shape index (κ1) is 20.6. The van der Waals surface area contributed by atoms with Gasteiger partial charge in [0.15, 0.2) is 0 Å². The van der Waals surface area contributed by atoms with Crippen LogP contribution in [0.1, 0.15) is 48.7 Å². The Hall–Kier alpha value is -2.70. The van der Waals surface area contributed by atoms with Crippen molar-refractivity contribution in [1.29, 1.82) is 0 Å². The highest BCUT2D eigenvalue weighted by Gasteiger charge is 2.37. The zero-order chi connectivity index (χ0) is 21.1. The third-order valence-electron chi connectivity index (χ3n) is 5.83. The van der Waals surface area contributed by atoms with Crippen LogP contribution in [0.25, 0.3) is 0 Å². The van der Waals surface area contributed by atoms with Gasteiger partial charge >= 0.3 is 0 Å². The molecule has 0 saturated carbocycles. The van der Waals surface area contributed by atoms with Crippen molar-refractivity contribution >= 4 is 17.5 Å². The van der Waals surface area contributed by atoms with Crippen LogP contribution >= 0.6 is 0 Å². The van der Waals surface area contributed by atoms with Crippen LogP contribution in [0.4, 0.5) is 5.69 Å². The molecule has 2 fully saturated rings. The highest BCUT2D eigenvalue weighted by atomic mass is 16.5. The molecular formula is C24H28N2O4. The van der Waals surface area contributed by atoms with Crippen molar-refractivity contribution < 1.29 is 19.1 Å². The van der Waals surface area contributed by atoms with Gasteiger partial charge in [0.2, 0.25) is 0 Å². The molecule has 30 heavy (non-hydrogen) atoms. The minimum Gasteiger partial charge on any atom is -0.369 e. The van der Waals surface area contributed by atoms with Gasteiger partial charge in [0.1, 0.15) is 12.2 Å². The summed E-state index contributed by atoms with van der Waals surface area (Å²) in [5, 5.41) is 2.88. The molecule has 4 rings (SSSR count). The monoisotopic (exact) mass is 408 g/mol. The average Bonchev–Trinajstić information content (AvgIpc) is 3.30. The quantitative estimate of drug-likeness (QED) is 0.836. The first-order valence-corrected chi connectivity index (χ1v) is 10.6. The zero-order valence-corrected chi connectivity index (χ0v) is 17.4. The highest BCUT2D eigenvalue weighted by molar-refractivity contribution is 5.98. The van der Waals surface area contributed by atoms with E-state index in [1.807, 2.05) is 49.1 Å². The number of anilines is 1. The Labute approximate surface area is 177 Å². The van der Waals surface area contributed by atoms with Crippen LogP contribution in [-0.4, -0.2) is 48.1 Å². The van der Waals surface area contributed by atoms with Crippen molar-refractivity contribution in [3.8, 4) is 0 Å². The molecule has 158 valence electrons. The summed E-state index contributed by atoms with van der Waals surface area (Å²) >= 11 is 0. The second kappa shape index (κ2) is 8.98. The third kappa shape index (κ3) is 4.25. The normalized spacial score (nSPS) is 26.4. The van der Waals surface area contributed by atoms with E-state index in [1.54, 1.807) is 24.3 Å². The van der Waals surface area contributed by atoms with E-state index >= 15 is 0 Å². The smallest absolute Gasteiger partial charge is 0.254 e. The van der Waals surface area contributed by atoms with Crippen LogP contribution in [0.5, 0.6) is 0 Å². The number of nitrogens with zero attached hydrogens (tertiary/aromatic N) is 1. The largest absolute Gasteiger partial charge is 0.369 e. The van der Waals surface area contributed by atoms with E-state index in [4.69, 9.17) is 9.47 Å². The minimum atomic E-state index is -0.407. The number of morpholine rings is 1. The fourth-order valence-corrected chi connectivity index (χ4v) is 4.30. The van der Waals surface area contributed by atoms with Crippen LogP contribution in [0.2, 0.25) is 0 Å². The van der Waals surface area contributed by atoms with E-state index in [0.29, 0.717) is 24.5 Å². The van der Waals surface area contributed by atoms with Gasteiger partial charge in [-0.05, 0) is 50.5 Å². The molecule has 2 aromatic carbocycles. The van der Waals surface area contributed by atoms with Crippen LogP contribution in [0, 0.1) is 0 Å². The van der Waals surface area contributed by atoms with Crippen LogP contribution in [0.3, 0.4) is 0 Å². The number of carbonyl (C=O) groups excluding carboxylic acids is 2. The van der Waals surface area contributed by atoms with E-state index < -0.39 is 6.10 Å². The molecule has 0 spiro atoms. The summed E-state index contributed by atoms with van der Waals surface area (Å²) in [7, 11) is 0. The number of hydrogen-bond donors (Lipinski definition) is 1. The number of amides is 2. The molecule has 1 N–H and O–H groups in total. The van der Waals surface area contributed by atoms with Gasteiger partial charge in [0, 0.05) is 17.9 Å². The molecule has 2 aliphatic rings. The molecule has 2 saturated heterocycles. The van der Waals surface area contributed by atoms with Crippen molar-refractivity contribution in [3.05, 3.63) is 65.7 Å². The SMILES string of the molecule is C[C@@H]1CO[C@H](c2ccccc2)[C@H](C)N1C(=O)c1cccc(NC(=O)[C@H]2CCCO2)c1. The Morgan fingerprint density at radius 1 is 1.03 bits per heavy atom. The molecule has 0 bridgehead atoms. The van der Waals surface area contributed by atoms with Gasteiger partial charge in [-0.2, -0.15) is 0 Å². The van der Waals surface area contributed by atoms with Gasteiger partial charge in [0.25, 0.3) is 11.8 Å². The van der Waals surface area contributed by atoms with Gasteiger partial charge in [-0.3, -0.25) is 9.59 Å². The molecule has 4 atom stereocenters. The van der Waals surface area contributed by atoms with Crippen molar-refractivity contribution in [3.63, 3.8) is 0 Å². The predicted molar refractivity (Wildman–Crippen MR) is 114 cm³/mol. The molecule has 0 aliphatic carbocycles. The number of ether oxygens (including phenoxy) is 2. The maximum Gasteiger partial charge on any atom is 0.254 e. The molecule has 0 unspecified atom stereocenters. The summed E-state index contributed by atoms with van der Waals surface area (Å²) in [5.41, 5.74) is 2.22. The third-order valence-corrected chi connectivity index (χ3v) is 5.83. The van der Waals surface area contributed by atoms with E-state index in [0.717, 1.165) is 18.4 Å². The topological polar surface area (TPSA) is 67.9 Å². The molecule has 6 nitrogen and oxygen atoms in total. The zero-order valence-electron chi connectivity index (χ0n) is 17.4. The van der Waals surface area contributed by atoms with E-state index in [-0.39, 0.29) is 30.0 Å². The minimum absolute atomic E-state index is 0.0439. The maximum atomic E-state index is 13.4. The van der Waals surface area contributed by atoms with Gasteiger partial charge in [-0.25, -0.2) is 0 Å². The van der Waals surface area contributed by atoms with Crippen molar-refractivity contribution in [2.75, 3.05) is 18.5 Å². The standard InChI is InChI=1S/C24H28N2O4/c1-16-15-30-22(18-8-4-3-5-9-18)17(2)26(16)24(28)19-10-6-11-20(14-19)25-23(27)21-12-7-13-29-21/h3-6,8-11,14,16-17,21-22H,7,12-13,15H2,1-2H3,(H,25,27)/t16-,17+,21-,22+/m1/s1. The Bertz CT molecular complexity index is 895. The average molecular weight is 408 g/mol. The first-order chi connectivity index (χ1) is 14.5. The number of benzene rings is 2. The first-order valence-electron chi connectivity index (χ1n) is 10.6. The Morgan fingerprint density at radius 3 is 2.57 bits per heavy atom. The number of hydrogen-bond acceptors (Lipinski definition) is 4. The Morgan fingerprint density at radius 2 is 1.83 bits per heavy atom. The predicted octanol–water partition coefficient (Wildman–Crippen LogP) is 3.79. The molecule has 2 aliphatic heterocycles. The van der Waals surface area contributed by atoms with E-state index in [2.05, 4.69) is 5.32 Å². The van der Waals surface area contributed by atoms with Gasteiger partial charge in [-0.1, -0.05) is 36.4 Å². The summed E-state index contributed by atoms with van der Waals surface area (Å²) in [5.74, 6) is -0.221. The maximum absolute atomic E-state index is 13.4. The molecule has 0 aromatic heterocycles. The number of nitrogens with one attached hydrogen (secondary N) is 1. The van der Waals surface area contributed by atoms with Crippen LogP contribution < -0.4 is 5.32 Å². The van der Waals surface area contributed by atoms with E-state index in [9.17, 15) is 9.59 Å². The lowest BCUT2D eigenvalue weighted by atomic mass is 9.97. The lowest BCUT2D eigenvalue weighted by molar-refractivity contribution is -0.124. The lowest BCUT2D eigenvalue weighted by Crippen LogP contribution is -2.53. The van der Waals surface area contributed by atoms with E-state index in [1.165, 1.54) is 0 Å². The van der Waals surface area contributed by atoms with Gasteiger partial charge in [0.05, 0.1) is 18.7 Å². The number of carbonyl (C=O) groups is 2. The van der Waals surface area contributed by atoms with Gasteiger partial charge in [-0.15, -0.1) is 0 Å². The van der Waals surface area contributed by atoms with Crippen LogP contribution in [-0.2, 0) is 14.3 Å². The van der Waals surface area contributed by atoms with Crippen LogP contribution in [0.15, 0.2) is 54.6 Å². The second-order valence-electron chi connectivity index (χ2n) is 8.04. The second-order valence-corrected chi connectivity index (χ2v) is 8.04. The summed E-state index contributed by atoms with van der Waals surface area (Å²) in [6, 6.07) is 16.9. The molecule has 0 radical (unpaired) electrons. The fourth-order valence-electron chi connectivity index (χ4n) is 4.30. The lowest BCUT2D eigenvalue weighted by Gasteiger charge is -2.44. The van der Waals surface area contributed by atoms with Crippen molar-refractivity contribution in [2.45, 2.75) is 51.0 Å². The Balaban J connectivity index is 1.51. The summed E-state index contributed by atoms with van der Waals surface area (Å²) in [6.07, 6.45) is 1.05. The summed E-state index contributed by atoms with van der Waals surface area (Å²) in [6.45, 7) is 5.12. The fraction of sp³-hybridized carbons (Fsp3) is 0.417. The summed E-state index contributed by atoms with van der Waals surface area (Å²) < 4.78 is 11.5. The molecule has 6 heteroatoms. The Kier molecular flexibility index (Phi) is 6.16. The molecular weight excluding hydrogens is 380 g/mol. The van der Waals surface area contributed by atoms with Crippen molar-refractivity contribution in [2.24, 2.45) is 0 Å². The van der Waals surface area contributed by atoms with Gasteiger partial charge < -0.3 is 19.7 Å². The highest BCUT2D eigenvalue weighted by Crippen LogP contribution is 2.32. The molecule has 2 aromatic rings. The van der Waals surface area contributed by atoms with Crippen molar-refractivity contribution in [1.82, 2.24) is 4.90 Å². The summed E-state index contributed by atoms with van der Waals surface area (Å²) in [4.78, 5) is 27.7. The number of rotatable bonds is 4.